The summed E-state index contributed by atoms with van der Waals surface area (Å²) < 4.78 is 25.9. The number of amides is 1. The van der Waals surface area contributed by atoms with Crippen LogP contribution in [-0.4, -0.2) is 69.0 Å². The third-order valence-electron chi connectivity index (χ3n) is 5.39. The molecule has 1 amide bonds. The normalized spacial score (nSPS) is 22.0. The van der Waals surface area contributed by atoms with Crippen LogP contribution < -0.4 is 10.6 Å². The number of sulfone groups is 1. The highest BCUT2D eigenvalue weighted by Crippen LogP contribution is 2.29. The third-order valence-corrected chi connectivity index (χ3v) is 8.26. The molecule has 1 aliphatic carbocycles. The minimum Gasteiger partial charge on any atom is -0.355 e. The predicted molar refractivity (Wildman–Crippen MR) is 101 cm³/mol. The van der Waals surface area contributed by atoms with Crippen molar-refractivity contribution in [2.75, 3.05) is 39.3 Å². The van der Waals surface area contributed by atoms with Crippen LogP contribution in [0, 0.1) is 5.92 Å². The number of nitrogens with zero attached hydrogens (tertiary/aromatic N) is 1. The van der Waals surface area contributed by atoms with E-state index in [1.165, 1.54) is 0 Å². The number of hydrogen-bond acceptors (Lipinski definition) is 5. The van der Waals surface area contributed by atoms with Crippen LogP contribution in [0.1, 0.15) is 52.4 Å². The van der Waals surface area contributed by atoms with Crippen LogP contribution in [0.5, 0.6) is 0 Å². The Hall–Kier alpha value is -0.660. The Bertz CT molecular complexity index is 510. The van der Waals surface area contributed by atoms with E-state index in [9.17, 15) is 13.2 Å². The van der Waals surface area contributed by atoms with E-state index >= 15 is 0 Å². The molecule has 25 heavy (non-hydrogen) atoms. The maximum Gasteiger partial charge on any atom is 0.238 e. The van der Waals surface area contributed by atoms with Gasteiger partial charge in [0.25, 0.3) is 0 Å². The van der Waals surface area contributed by atoms with Crippen LogP contribution >= 0.6 is 0 Å². The molecule has 1 aliphatic heterocycles. The highest BCUT2D eigenvalue weighted by Gasteiger charge is 2.40. The summed E-state index contributed by atoms with van der Waals surface area (Å²) in [5.74, 6) is -0.499. The minimum absolute atomic E-state index is 0.194. The maximum atomic E-state index is 13.0. The van der Waals surface area contributed by atoms with E-state index in [2.05, 4.69) is 15.5 Å². The van der Waals surface area contributed by atoms with E-state index < -0.39 is 15.1 Å². The summed E-state index contributed by atoms with van der Waals surface area (Å²) in [6.45, 7) is 9.28. The van der Waals surface area contributed by atoms with Crippen molar-refractivity contribution >= 4 is 15.7 Å². The fourth-order valence-electron chi connectivity index (χ4n) is 3.98. The first-order valence-electron chi connectivity index (χ1n) is 9.86. The molecule has 1 unspecified atom stereocenters. The van der Waals surface area contributed by atoms with Crippen molar-refractivity contribution in [1.82, 2.24) is 15.5 Å². The Morgan fingerprint density at radius 2 is 1.80 bits per heavy atom. The second-order valence-electron chi connectivity index (χ2n) is 7.75. The molecule has 2 rings (SSSR count). The lowest BCUT2D eigenvalue weighted by Crippen LogP contribution is -2.48. The van der Waals surface area contributed by atoms with E-state index in [1.807, 2.05) is 13.8 Å². The molecular weight excluding hydrogens is 338 g/mol. The van der Waals surface area contributed by atoms with E-state index in [0.29, 0.717) is 19.4 Å². The van der Waals surface area contributed by atoms with Crippen LogP contribution in [0.3, 0.4) is 0 Å². The standard InChI is InChI=1S/C18H35N3O3S/c1-15(2)17(25(23,24)16-7-4-3-5-8-16)18(22)20-9-6-12-21-13-10-19-11-14-21/h15-17,19H,3-14H2,1-2H3,(H,20,22). The fourth-order valence-corrected chi connectivity index (χ4v) is 6.53. The molecule has 7 heteroatoms. The van der Waals surface area contributed by atoms with E-state index in [4.69, 9.17) is 0 Å². The van der Waals surface area contributed by atoms with Gasteiger partial charge in [-0.05, 0) is 31.7 Å². The third kappa shape index (κ3) is 5.93. The van der Waals surface area contributed by atoms with Gasteiger partial charge >= 0.3 is 0 Å². The molecule has 2 aliphatic rings. The number of rotatable bonds is 8. The second-order valence-corrected chi connectivity index (χ2v) is 10.1. The van der Waals surface area contributed by atoms with Crippen LogP contribution in [0.4, 0.5) is 0 Å². The molecule has 1 heterocycles. The Morgan fingerprint density at radius 1 is 1.16 bits per heavy atom. The molecule has 1 atom stereocenters. The Labute approximate surface area is 153 Å². The largest absolute Gasteiger partial charge is 0.355 e. The molecule has 146 valence electrons. The van der Waals surface area contributed by atoms with Gasteiger partial charge in [0.15, 0.2) is 9.84 Å². The van der Waals surface area contributed by atoms with Gasteiger partial charge in [0.2, 0.25) is 5.91 Å². The predicted octanol–water partition coefficient (Wildman–Crippen LogP) is 1.17. The maximum absolute atomic E-state index is 13.0. The van der Waals surface area contributed by atoms with Gasteiger partial charge < -0.3 is 15.5 Å². The van der Waals surface area contributed by atoms with Crippen molar-refractivity contribution < 1.29 is 13.2 Å². The van der Waals surface area contributed by atoms with Crippen molar-refractivity contribution in [3.8, 4) is 0 Å². The molecule has 0 bridgehead atoms. The van der Waals surface area contributed by atoms with Gasteiger partial charge in [0.1, 0.15) is 5.25 Å². The fraction of sp³-hybridized carbons (Fsp3) is 0.944. The van der Waals surface area contributed by atoms with Crippen LogP contribution in [-0.2, 0) is 14.6 Å². The van der Waals surface area contributed by atoms with Gasteiger partial charge in [0.05, 0.1) is 5.25 Å². The summed E-state index contributed by atoms with van der Waals surface area (Å²) in [4.78, 5) is 15.0. The summed E-state index contributed by atoms with van der Waals surface area (Å²) in [6.07, 6.45) is 5.31. The summed E-state index contributed by atoms with van der Waals surface area (Å²) >= 11 is 0. The average molecular weight is 374 g/mol. The molecule has 0 radical (unpaired) electrons. The highest BCUT2D eigenvalue weighted by molar-refractivity contribution is 7.93. The molecule has 0 aromatic carbocycles. The van der Waals surface area contributed by atoms with Gasteiger partial charge in [0, 0.05) is 32.7 Å². The number of piperazine rings is 1. The van der Waals surface area contributed by atoms with Crippen molar-refractivity contribution in [3.63, 3.8) is 0 Å². The second kappa shape index (κ2) is 9.88. The van der Waals surface area contributed by atoms with E-state index in [1.54, 1.807) is 0 Å². The van der Waals surface area contributed by atoms with Crippen molar-refractivity contribution in [3.05, 3.63) is 0 Å². The molecular formula is C18H35N3O3S. The lowest BCUT2D eigenvalue weighted by Gasteiger charge is -2.29. The monoisotopic (exact) mass is 373 g/mol. The first-order chi connectivity index (χ1) is 11.9. The van der Waals surface area contributed by atoms with Gasteiger partial charge in [-0.25, -0.2) is 8.42 Å². The SMILES string of the molecule is CC(C)C(C(=O)NCCCN1CCNCC1)S(=O)(=O)C1CCCCC1. The topological polar surface area (TPSA) is 78.5 Å². The molecule has 0 aromatic rings. The lowest BCUT2D eigenvalue weighted by atomic mass is 10.0. The molecule has 1 saturated carbocycles. The van der Waals surface area contributed by atoms with Gasteiger partial charge in [-0.15, -0.1) is 0 Å². The van der Waals surface area contributed by atoms with Crippen molar-refractivity contribution in [1.29, 1.82) is 0 Å². The summed E-state index contributed by atoms with van der Waals surface area (Å²) in [5, 5.41) is 4.97. The summed E-state index contributed by atoms with van der Waals surface area (Å²) in [7, 11) is -3.41. The Kier molecular flexibility index (Phi) is 8.16. The van der Waals surface area contributed by atoms with E-state index in [-0.39, 0.29) is 17.1 Å². The zero-order valence-corrected chi connectivity index (χ0v) is 16.6. The smallest absolute Gasteiger partial charge is 0.238 e. The molecule has 6 nitrogen and oxygen atoms in total. The first kappa shape index (κ1) is 20.6. The first-order valence-corrected chi connectivity index (χ1v) is 11.5. The zero-order chi connectivity index (χ0) is 18.3. The highest BCUT2D eigenvalue weighted by atomic mass is 32.2. The quantitative estimate of drug-likeness (QED) is 0.625. The molecule has 0 spiro atoms. The van der Waals surface area contributed by atoms with E-state index in [0.717, 1.165) is 58.4 Å². The van der Waals surface area contributed by atoms with Crippen molar-refractivity contribution in [2.45, 2.75) is 62.9 Å². The molecule has 0 aromatic heterocycles. The number of carbonyl (C=O) groups is 1. The van der Waals surface area contributed by atoms with Crippen LogP contribution in [0.25, 0.3) is 0 Å². The summed E-state index contributed by atoms with van der Waals surface area (Å²) in [6, 6.07) is 0. The van der Waals surface area contributed by atoms with Gasteiger partial charge in [-0.1, -0.05) is 33.1 Å². The summed E-state index contributed by atoms with van der Waals surface area (Å²) in [5.41, 5.74) is 0. The minimum atomic E-state index is -3.41. The van der Waals surface area contributed by atoms with Gasteiger partial charge in [-0.2, -0.15) is 0 Å². The van der Waals surface area contributed by atoms with Gasteiger partial charge in [-0.3, -0.25) is 4.79 Å². The lowest BCUT2D eigenvalue weighted by molar-refractivity contribution is -0.121. The number of nitrogens with one attached hydrogen (secondary N) is 2. The molecule has 2 N–H and O–H groups in total. The average Bonchev–Trinajstić information content (AvgIpc) is 2.60. The van der Waals surface area contributed by atoms with Crippen LogP contribution in [0.2, 0.25) is 0 Å². The zero-order valence-electron chi connectivity index (χ0n) is 15.8. The number of hydrogen-bond donors (Lipinski definition) is 2. The Morgan fingerprint density at radius 3 is 2.40 bits per heavy atom. The number of carbonyl (C=O) groups excluding carboxylic acids is 1. The molecule has 2 fully saturated rings. The van der Waals surface area contributed by atoms with Crippen LogP contribution in [0.15, 0.2) is 0 Å². The molecule has 1 saturated heterocycles. The van der Waals surface area contributed by atoms with Crippen molar-refractivity contribution in [2.24, 2.45) is 5.92 Å². The Balaban J connectivity index is 1.84.